The SMILES string of the molecule is CC(=O)Nc1cc(-c2nc(-c3ccccc3)cs2)c(-c2nc(-c3ncnn3C)c(-c3n[nH]c(=O)o3)s2)cn1. The van der Waals surface area contributed by atoms with E-state index in [9.17, 15) is 9.59 Å². The standard InChI is InChI=1S/C24H17N9O3S2/c1-12(34)28-17-8-14(22-29-16(10-37-22)13-6-4-3-5-7-13)15(9-25-17)23-30-18(20-26-11-27-33(20)2)19(38-23)21-31-32-24(35)36-21/h3-11H,1-2H3,(H,32,35)(H,25,28,34). The maximum absolute atomic E-state index is 11.7. The van der Waals surface area contributed by atoms with Crippen molar-refractivity contribution in [1.82, 2.24) is 39.9 Å². The van der Waals surface area contributed by atoms with E-state index in [0.717, 1.165) is 21.8 Å². The van der Waals surface area contributed by atoms with Gasteiger partial charge >= 0.3 is 5.76 Å². The highest BCUT2D eigenvalue weighted by Crippen LogP contribution is 2.43. The number of pyridine rings is 1. The number of amides is 1. The Bertz CT molecular complexity index is 1830. The maximum atomic E-state index is 11.7. The van der Waals surface area contributed by atoms with Gasteiger partial charge in [-0.2, -0.15) is 5.10 Å². The molecule has 0 unspecified atom stereocenters. The lowest BCUT2D eigenvalue weighted by Crippen LogP contribution is -2.07. The molecule has 1 amide bonds. The van der Waals surface area contributed by atoms with Crippen LogP contribution >= 0.6 is 22.7 Å². The lowest BCUT2D eigenvalue weighted by molar-refractivity contribution is -0.114. The number of hydrogen-bond donors (Lipinski definition) is 2. The number of aryl methyl sites for hydroxylation is 1. The molecule has 0 aliphatic rings. The van der Waals surface area contributed by atoms with Crippen molar-refractivity contribution in [2.75, 3.05) is 5.32 Å². The van der Waals surface area contributed by atoms with Crippen LogP contribution in [0.1, 0.15) is 6.92 Å². The first-order valence-electron chi connectivity index (χ1n) is 11.2. The van der Waals surface area contributed by atoms with Crippen molar-refractivity contribution < 1.29 is 9.21 Å². The third kappa shape index (κ3) is 4.42. The van der Waals surface area contributed by atoms with Crippen molar-refractivity contribution in [2.24, 2.45) is 7.05 Å². The van der Waals surface area contributed by atoms with Crippen LogP contribution in [0.4, 0.5) is 5.82 Å². The minimum atomic E-state index is -0.683. The summed E-state index contributed by atoms with van der Waals surface area (Å²) in [6, 6.07) is 11.6. The van der Waals surface area contributed by atoms with Gasteiger partial charge in [0.25, 0.3) is 5.89 Å². The van der Waals surface area contributed by atoms with Crippen molar-refractivity contribution >= 4 is 34.4 Å². The van der Waals surface area contributed by atoms with E-state index < -0.39 is 5.76 Å². The molecule has 6 rings (SSSR count). The molecule has 0 bridgehead atoms. The second-order valence-electron chi connectivity index (χ2n) is 8.02. The Morgan fingerprint density at radius 3 is 2.66 bits per heavy atom. The molecular weight excluding hydrogens is 526 g/mol. The Hall–Kier alpha value is -4.82. The molecule has 12 nitrogen and oxygen atoms in total. The third-order valence-electron chi connectivity index (χ3n) is 5.43. The van der Waals surface area contributed by atoms with Gasteiger partial charge in [0, 0.05) is 42.2 Å². The average molecular weight is 544 g/mol. The van der Waals surface area contributed by atoms with Crippen LogP contribution in [-0.2, 0) is 11.8 Å². The van der Waals surface area contributed by atoms with E-state index in [4.69, 9.17) is 14.4 Å². The number of H-pyrrole nitrogens is 1. The van der Waals surface area contributed by atoms with Crippen LogP contribution < -0.4 is 11.1 Å². The summed E-state index contributed by atoms with van der Waals surface area (Å²) in [5.41, 5.74) is 3.66. The second kappa shape index (κ2) is 9.57. The number of nitrogens with one attached hydrogen (secondary N) is 2. The molecule has 0 saturated carbocycles. The molecule has 0 spiro atoms. The van der Waals surface area contributed by atoms with Gasteiger partial charge in [-0.15, -0.1) is 27.8 Å². The van der Waals surface area contributed by atoms with E-state index in [1.165, 1.54) is 35.9 Å². The second-order valence-corrected chi connectivity index (χ2v) is 9.88. The zero-order chi connectivity index (χ0) is 26.2. The summed E-state index contributed by atoms with van der Waals surface area (Å²) in [6.07, 6.45) is 3.04. The minimum absolute atomic E-state index is 0.0849. The molecule has 5 heterocycles. The van der Waals surface area contributed by atoms with Crippen LogP contribution in [0.2, 0.25) is 0 Å². The summed E-state index contributed by atoms with van der Waals surface area (Å²) in [6.45, 7) is 1.42. The van der Waals surface area contributed by atoms with Crippen molar-refractivity contribution in [2.45, 2.75) is 6.92 Å². The fourth-order valence-corrected chi connectivity index (χ4v) is 5.63. The molecule has 6 aromatic rings. The molecule has 14 heteroatoms. The molecule has 0 radical (unpaired) electrons. The number of carbonyl (C=O) groups excluding carboxylic acids is 1. The topological polar surface area (TPSA) is 157 Å². The number of aromatic nitrogens is 8. The van der Waals surface area contributed by atoms with Gasteiger partial charge in [0.05, 0.1) is 5.69 Å². The van der Waals surface area contributed by atoms with E-state index in [-0.39, 0.29) is 11.8 Å². The quantitative estimate of drug-likeness (QED) is 0.316. The van der Waals surface area contributed by atoms with Gasteiger partial charge in [-0.05, 0) is 6.07 Å². The van der Waals surface area contributed by atoms with Crippen molar-refractivity contribution in [1.29, 1.82) is 0 Å². The summed E-state index contributed by atoms with van der Waals surface area (Å²) >= 11 is 2.73. The number of thiazole rings is 2. The number of hydrogen-bond acceptors (Lipinski definition) is 11. The number of rotatable bonds is 6. The fourth-order valence-electron chi connectivity index (χ4n) is 3.76. The molecule has 0 saturated heterocycles. The van der Waals surface area contributed by atoms with Gasteiger partial charge in [0.1, 0.15) is 32.7 Å². The molecule has 0 aliphatic carbocycles. The number of benzene rings is 1. The lowest BCUT2D eigenvalue weighted by atomic mass is 10.1. The monoisotopic (exact) mass is 543 g/mol. The highest BCUT2D eigenvalue weighted by molar-refractivity contribution is 7.19. The largest absolute Gasteiger partial charge is 0.434 e. The summed E-state index contributed by atoms with van der Waals surface area (Å²) in [4.78, 5) is 42.4. The van der Waals surface area contributed by atoms with Gasteiger partial charge in [-0.25, -0.2) is 34.5 Å². The van der Waals surface area contributed by atoms with E-state index in [1.54, 1.807) is 24.0 Å². The number of aromatic amines is 1. The minimum Gasteiger partial charge on any atom is -0.387 e. The van der Waals surface area contributed by atoms with Crippen LogP contribution in [0.3, 0.4) is 0 Å². The summed E-state index contributed by atoms with van der Waals surface area (Å²) in [5.74, 6) is 0.0169. The Balaban J connectivity index is 1.53. The van der Waals surface area contributed by atoms with Crippen LogP contribution in [0.25, 0.3) is 54.7 Å². The molecule has 1 aromatic carbocycles. The summed E-state index contributed by atoms with van der Waals surface area (Å²) < 4.78 is 6.81. The van der Waals surface area contributed by atoms with Gasteiger partial charge in [-0.1, -0.05) is 30.3 Å². The first-order chi connectivity index (χ1) is 18.5. The Morgan fingerprint density at radius 1 is 1.11 bits per heavy atom. The van der Waals surface area contributed by atoms with E-state index in [0.29, 0.717) is 32.8 Å². The van der Waals surface area contributed by atoms with E-state index in [2.05, 4.69) is 30.6 Å². The number of nitrogens with zero attached hydrogens (tertiary/aromatic N) is 7. The highest BCUT2D eigenvalue weighted by atomic mass is 32.1. The van der Waals surface area contributed by atoms with Crippen LogP contribution in [0.15, 0.2) is 63.5 Å². The maximum Gasteiger partial charge on any atom is 0.434 e. The number of anilines is 1. The molecular formula is C24H17N9O3S2. The zero-order valence-corrected chi connectivity index (χ0v) is 21.5. The smallest absolute Gasteiger partial charge is 0.387 e. The predicted molar refractivity (Wildman–Crippen MR) is 142 cm³/mol. The molecule has 38 heavy (non-hydrogen) atoms. The van der Waals surface area contributed by atoms with Gasteiger partial charge in [-0.3, -0.25) is 4.79 Å². The van der Waals surface area contributed by atoms with Crippen molar-refractivity contribution in [3.8, 4) is 54.7 Å². The molecule has 188 valence electrons. The van der Waals surface area contributed by atoms with E-state index >= 15 is 0 Å². The lowest BCUT2D eigenvalue weighted by Gasteiger charge is -2.08. The van der Waals surface area contributed by atoms with Crippen molar-refractivity contribution in [3.05, 3.63) is 64.9 Å². The molecule has 0 fully saturated rings. The molecule has 5 aromatic heterocycles. The third-order valence-corrected chi connectivity index (χ3v) is 7.38. The van der Waals surface area contributed by atoms with Crippen molar-refractivity contribution in [3.63, 3.8) is 0 Å². The first kappa shape index (κ1) is 23.6. The van der Waals surface area contributed by atoms with Gasteiger partial charge in [0.15, 0.2) is 5.82 Å². The van der Waals surface area contributed by atoms with Gasteiger partial charge < -0.3 is 9.73 Å². The summed E-state index contributed by atoms with van der Waals surface area (Å²) in [7, 11) is 1.74. The highest BCUT2D eigenvalue weighted by Gasteiger charge is 2.25. The molecule has 0 aliphatic heterocycles. The van der Waals surface area contributed by atoms with Gasteiger partial charge in [0.2, 0.25) is 5.91 Å². The predicted octanol–water partition coefficient (Wildman–Crippen LogP) is 4.09. The zero-order valence-electron chi connectivity index (χ0n) is 19.9. The summed E-state index contributed by atoms with van der Waals surface area (Å²) in [5, 5.41) is 16.4. The average Bonchev–Trinajstić information content (AvgIpc) is 3.71. The van der Waals surface area contributed by atoms with Crippen LogP contribution in [-0.4, -0.2) is 45.8 Å². The van der Waals surface area contributed by atoms with Crippen LogP contribution in [0.5, 0.6) is 0 Å². The number of carbonyl (C=O) groups is 1. The molecule has 2 N–H and O–H groups in total. The van der Waals surface area contributed by atoms with E-state index in [1.807, 2.05) is 35.7 Å². The Labute approximate surface area is 222 Å². The Kier molecular flexibility index (Phi) is 5.94. The molecule has 0 atom stereocenters. The van der Waals surface area contributed by atoms with Crippen LogP contribution in [0, 0.1) is 0 Å². The first-order valence-corrected chi connectivity index (χ1v) is 12.9. The fraction of sp³-hybridized carbons (Fsp3) is 0.0833. The normalized spacial score (nSPS) is 11.1. The Morgan fingerprint density at radius 2 is 1.95 bits per heavy atom.